The molecule has 33 heavy (non-hydrogen) atoms. The highest BCUT2D eigenvalue weighted by atomic mass is 35.8. The van der Waals surface area contributed by atoms with Crippen molar-refractivity contribution in [1.82, 2.24) is 0 Å². The van der Waals surface area contributed by atoms with Gasteiger partial charge in [0.1, 0.15) is 0 Å². The molecular formula is C16H20Cl3F13Si. The largest absolute Gasteiger partial charge is 0.460 e. The highest BCUT2D eigenvalue weighted by Gasteiger charge is 2.91. The molecule has 1 unspecified atom stereocenters. The second-order valence-corrected chi connectivity index (χ2v) is 16.3. The smallest absolute Gasteiger partial charge is 0.200 e. The van der Waals surface area contributed by atoms with Crippen molar-refractivity contribution in [3.63, 3.8) is 0 Å². The SMILES string of the molecule is CCCCCCCCCC(C(F)(F)C(F)(F)C(F)(F)C(F)(F)C(F)(F)C(F)(F)F)[Si](Cl)(Cl)Cl. The van der Waals surface area contributed by atoms with Gasteiger partial charge in [0.15, 0.2) is 0 Å². The van der Waals surface area contributed by atoms with Crippen LogP contribution in [0, 0.1) is 0 Å². The van der Waals surface area contributed by atoms with E-state index in [1.165, 1.54) is 0 Å². The van der Waals surface area contributed by atoms with Crippen molar-refractivity contribution >= 4 is 39.2 Å². The van der Waals surface area contributed by atoms with Crippen molar-refractivity contribution in [2.24, 2.45) is 0 Å². The summed E-state index contributed by atoms with van der Waals surface area (Å²) in [5, 5.41) is 0. The molecule has 0 aromatic heterocycles. The molecular weight excluding hydrogens is 574 g/mol. The lowest BCUT2D eigenvalue weighted by Gasteiger charge is -2.42. The van der Waals surface area contributed by atoms with Crippen LogP contribution < -0.4 is 0 Å². The van der Waals surface area contributed by atoms with Crippen LogP contribution in [0.4, 0.5) is 57.1 Å². The van der Waals surface area contributed by atoms with Crippen LogP contribution in [0.3, 0.4) is 0 Å². The minimum atomic E-state index is -7.97. The van der Waals surface area contributed by atoms with Gasteiger partial charge in [-0.3, -0.25) is 0 Å². The first-order valence-corrected chi connectivity index (χ1v) is 14.6. The molecule has 0 fully saturated rings. The van der Waals surface area contributed by atoms with Crippen LogP contribution >= 0.6 is 33.2 Å². The van der Waals surface area contributed by atoms with Crippen LogP contribution in [0.15, 0.2) is 0 Å². The number of unbranched alkanes of at least 4 members (excludes halogenated alkanes) is 6. The van der Waals surface area contributed by atoms with Gasteiger partial charge >= 0.3 is 41.8 Å². The first-order valence-electron chi connectivity index (χ1n) is 9.47. The molecule has 0 saturated carbocycles. The van der Waals surface area contributed by atoms with E-state index in [2.05, 4.69) is 0 Å². The molecule has 17 heteroatoms. The Balaban J connectivity index is 5.99. The van der Waals surface area contributed by atoms with Gasteiger partial charge in [0, 0.05) is 0 Å². The highest BCUT2D eigenvalue weighted by Crippen LogP contribution is 2.64. The number of alkyl halides is 13. The van der Waals surface area contributed by atoms with Crippen LogP contribution in [-0.2, 0) is 0 Å². The third-order valence-corrected chi connectivity index (χ3v) is 8.70. The zero-order valence-corrected chi connectivity index (χ0v) is 20.0. The van der Waals surface area contributed by atoms with Crippen LogP contribution in [0.2, 0.25) is 5.54 Å². The lowest BCUT2D eigenvalue weighted by Crippen LogP contribution is -2.71. The van der Waals surface area contributed by atoms with Gasteiger partial charge in [0.05, 0.1) is 5.54 Å². The maximum atomic E-state index is 14.4. The fourth-order valence-electron chi connectivity index (χ4n) is 2.86. The Morgan fingerprint density at radius 1 is 0.545 bits per heavy atom. The molecule has 0 aliphatic heterocycles. The Bertz CT molecular complexity index is 618. The minimum Gasteiger partial charge on any atom is -0.200 e. The molecule has 1 atom stereocenters. The molecule has 0 radical (unpaired) electrons. The summed E-state index contributed by atoms with van der Waals surface area (Å²) in [6, 6.07) is -5.13. The summed E-state index contributed by atoms with van der Waals surface area (Å²) in [4.78, 5) is 0. The van der Waals surface area contributed by atoms with E-state index < -0.39 is 60.2 Å². The van der Waals surface area contributed by atoms with Gasteiger partial charge in [0.25, 0.3) is 0 Å². The van der Waals surface area contributed by atoms with Crippen LogP contribution in [0.5, 0.6) is 0 Å². The van der Waals surface area contributed by atoms with Crippen molar-refractivity contribution in [2.45, 2.75) is 99.6 Å². The van der Waals surface area contributed by atoms with Crippen molar-refractivity contribution in [3.8, 4) is 0 Å². The first kappa shape index (κ1) is 33.2. The van der Waals surface area contributed by atoms with E-state index in [-0.39, 0.29) is 6.42 Å². The van der Waals surface area contributed by atoms with E-state index in [0.717, 1.165) is 19.3 Å². The van der Waals surface area contributed by atoms with Crippen LogP contribution in [0.1, 0.15) is 58.3 Å². The molecule has 0 nitrogen and oxygen atoms in total. The van der Waals surface area contributed by atoms with Crippen molar-refractivity contribution < 1.29 is 57.1 Å². The molecule has 0 heterocycles. The molecule has 200 valence electrons. The Hall–Kier alpha value is 0.177. The maximum Gasteiger partial charge on any atom is 0.460 e. The topological polar surface area (TPSA) is 0 Å². The van der Waals surface area contributed by atoms with E-state index in [0.29, 0.717) is 12.8 Å². The summed E-state index contributed by atoms with van der Waals surface area (Å²) < 4.78 is 174. The predicted molar refractivity (Wildman–Crippen MR) is 100 cm³/mol. The zero-order valence-electron chi connectivity index (χ0n) is 16.8. The average Bonchev–Trinajstić information content (AvgIpc) is 2.61. The molecule has 0 rings (SSSR count). The second-order valence-electron chi connectivity index (χ2n) is 7.42. The van der Waals surface area contributed by atoms with Gasteiger partial charge in [0.2, 0.25) is 0 Å². The minimum absolute atomic E-state index is 0.0652. The maximum absolute atomic E-state index is 14.4. The number of rotatable bonds is 14. The second kappa shape index (κ2) is 11.1. The predicted octanol–water partition coefficient (Wildman–Crippen LogP) is 9.89. The van der Waals surface area contributed by atoms with E-state index in [4.69, 9.17) is 33.2 Å². The van der Waals surface area contributed by atoms with E-state index >= 15 is 0 Å². The summed E-state index contributed by atoms with van der Waals surface area (Å²) in [5.41, 5.74) is -3.29. The van der Waals surface area contributed by atoms with Crippen molar-refractivity contribution in [1.29, 1.82) is 0 Å². The van der Waals surface area contributed by atoms with Gasteiger partial charge in [-0.15, -0.1) is 33.2 Å². The van der Waals surface area contributed by atoms with Gasteiger partial charge in [-0.05, 0) is 6.42 Å². The summed E-state index contributed by atoms with van der Waals surface area (Å²) in [6.07, 6.45) is -5.62. The number of halogens is 16. The number of hydrogen-bond donors (Lipinski definition) is 0. The standard InChI is InChI=1S/C16H20Cl3F13Si/c1-2-3-4-5-6-7-8-9-10(33(17,18)19)11(20,21)12(22,23)13(24,25)14(26,27)15(28,29)16(30,31)32/h10H,2-9H2,1H3. The van der Waals surface area contributed by atoms with Crippen LogP contribution in [-0.4, -0.2) is 41.8 Å². The molecule has 0 N–H and O–H groups in total. The van der Waals surface area contributed by atoms with E-state index in [1.807, 2.05) is 6.92 Å². The lowest BCUT2D eigenvalue weighted by molar-refractivity contribution is -0.440. The average molecular weight is 594 g/mol. The van der Waals surface area contributed by atoms with Gasteiger partial charge in [-0.25, -0.2) is 0 Å². The fourth-order valence-corrected chi connectivity index (χ4v) is 6.20. The molecule has 0 aliphatic rings. The van der Waals surface area contributed by atoms with Crippen molar-refractivity contribution in [3.05, 3.63) is 0 Å². The third kappa shape index (κ3) is 6.69. The molecule has 0 spiro atoms. The normalized spacial score (nSPS) is 16.3. The Morgan fingerprint density at radius 2 is 0.909 bits per heavy atom. The first-order chi connectivity index (χ1) is 14.4. The Labute approximate surface area is 196 Å². The van der Waals surface area contributed by atoms with E-state index in [9.17, 15) is 57.1 Å². The Kier molecular flexibility index (Phi) is 11.1. The van der Waals surface area contributed by atoms with Gasteiger partial charge in [-0.2, -0.15) is 57.1 Å². The summed E-state index contributed by atoms with van der Waals surface area (Å²) >= 11 is 15.9. The number of hydrogen-bond acceptors (Lipinski definition) is 0. The lowest BCUT2D eigenvalue weighted by atomic mass is 9.91. The third-order valence-electron chi connectivity index (χ3n) is 4.89. The zero-order chi connectivity index (χ0) is 26.7. The van der Waals surface area contributed by atoms with Gasteiger partial charge in [-0.1, -0.05) is 51.9 Å². The highest BCUT2D eigenvalue weighted by molar-refractivity contribution is 7.65. The fraction of sp³-hybridized carbons (Fsp3) is 1.00. The summed E-state index contributed by atoms with van der Waals surface area (Å²) in [7, 11) is 0. The van der Waals surface area contributed by atoms with Crippen molar-refractivity contribution in [2.75, 3.05) is 0 Å². The molecule has 0 saturated heterocycles. The summed E-state index contributed by atoms with van der Waals surface area (Å²) in [6.45, 7) is 1.89. The molecule has 0 aromatic carbocycles. The monoisotopic (exact) mass is 592 g/mol. The molecule has 0 amide bonds. The Morgan fingerprint density at radius 3 is 1.27 bits per heavy atom. The molecule has 0 aliphatic carbocycles. The molecule has 0 bridgehead atoms. The quantitative estimate of drug-likeness (QED) is 0.0814. The summed E-state index contributed by atoms with van der Waals surface area (Å²) in [5.74, 6) is -37.5. The van der Waals surface area contributed by atoms with E-state index in [1.54, 1.807) is 0 Å². The van der Waals surface area contributed by atoms with Crippen LogP contribution in [0.25, 0.3) is 0 Å². The molecule has 0 aromatic rings. The van der Waals surface area contributed by atoms with Gasteiger partial charge < -0.3 is 0 Å².